The van der Waals surface area contributed by atoms with Crippen LogP contribution >= 0.6 is 0 Å². The van der Waals surface area contributed by atoms with Gasteiger partial charge in [0.2, 0.25) is 0 Å². The second-order valence-electron chi connectivity index (χ2n) is 6.29. The molecule has 2 rings (SSSR count). The van der Waals surface area contributed by atoms with E-state index in [9.17, 15) is 0 Å². The van der Waals surface area contributed by atoms with E-state index in [0.717, 1.165) is 25.6 Å². The van der Waals surface area contributed by atoms with Gasteiger partial charge >= 0.3 is 0 Å². The number of hydrogen-bond acceptors (Lipinski definition) is 2. The van der Waals surface area contributed by atoms with Crippen molar-refractivity contribution in [3.05, 3.63) is 29.8 Å². The smallest absolute Gasteiger partial charge is 0.0366 e. The third kappa shape index (κ3) is 3.11. The standard InChI is InChI=1S/C17H28N2/c1-5-19(16-8-6-15(4)7-9-16)13-17(14(2)3)10-11-18-12-17/h6-9,14,18H,5,10-13H2,1-4H3. The Kier molecular flexibility index (Phi) is 4.51. The second kappa shape index (κ2) is 5.96. The molecular formula is C17H28N2. The van der Waals surface area contributed by atoms with Gasteiger partial charge in [-0.3, -0.25) is 0 Å². The predicted molar refractivity (Wildman–Crippen MR) is 83.8 cm³/mol. The third-order valence-corrected chi connectivity index (χ3v) is 4.79. The molecule has 1 N–H and O–H groups in total. The minimum absolute atomic E-state index is 0.431. The molecule has 1 aromatic rings. The van der Waals surface area contributed by atoms with Crippen LogP contribution in [0.4, 0.5) is 5.69 Å². The normalized spacial score (nSPS) is 23.0. The first kappa shape index (κ1) is 14.4. The van der Waals surface area contributed by atoms with Crippen LogP contribution < -0.4 is 10.2 Å². The molecule has 1 aliphatic heterocycles. The summed E-state index contributed by atoms with van der Waals surface area (Å²) in [5.41, 5.74) is 3.13. The molecule has 0 saturated carbocycles. The van der Waals surface area contributed by atoms with E-state index in [2.05, 4.69) is 62.2 Å². The van der Waals surface area contributed by atoms with Crippen molar-refractivity contribution < 1.29 is 0 Å². The summed E-state index contributed by atoms with van der Waals surface area (Å²) in [6.07, 6.45) is 1.30. The number of nitrogens with one attached hydrogen (secondary N) is 1. The first-order chi connectivity index (χ1) is 9.07. The minimum atomic E-state index is 0.431. The van der Waals surface area contributed by atoms with Crippen LogP contribution in [0.25, 0.3) is 0 Å². The average molecular weight is 260 g/mol. The summed E-state index contributed by atoms with van der Waals surface area (Å²) in [6, 6.07) is 8.95. The largest absolute Gasteiger partial charge is 0.371 e. The lowest BCUT2D eigenvalue weighted by atomic mass is 9.76. The highest BCUT2D eigenvalue weighted by molar-refractivity contribution is 5.47. The summed E-state index contributed by atoms with van der Waals surface area (Å²) >= 11 is 0. The maximum atomic E-state index is 3.56. The molecule has 1 heterocycles. The van der Waals surface area contributed by atoms with Gasteiger partial charge in [-0.2, -0.15) is 0 Å². The van der Waals surface area contributed by atoms with Crippen molar-refractivity contribution in [2.75, 3.05) is 31.1 Å². The van der Waals surface area contributed by atoms with Crippen LogP contribution in [0.5, 0.6) is 0 Å². The lowest BCUT2D eigenvalue weighted by molar-refractivity contribution is 0.223. The molecule has 2 nitrogen and oxygen atoms in total. The van der Waals surface area contributed by atoms with Crippen LogP contribution in [-0.2, 0) is 0 Å². The molecule has 2 heteroatoms. The molecule has 0 radical (unpaired) electrons. The molecule has 1 atom stereocenters. The van der Waals surface area contributed by atoms with Gasteiger partial charge in [0.15, 0.2) is 0 Å². The highest BCUT2D eigenvalue weighted by Gasteiger charge is 2.38. The molecule has 0 aliphatic carbocycles. The highest BCUT2D eigenvalue weighted by Crippen LogP contribution is 2.36. The lowest BCUT2D eigenvalue weighted by Gasteiger charge is -2.39. The van der Waals surface area contributed by atoms with Gasteiger partial charge in [0, 0.05) is 30.7 Å². The molecule has 1 aromatic carbocycles. The molecular weight excluding hydrogens is 232 g/mol. The van der Waals surface area contributed by atoms with Crippen LogP contribution in [-0.4, -0.2) is 26.2 Å². The number of hydrogen-bond donors (Lipinski definition) is 1. The number of nitrogens with zero attached hydrogens (tertiary/aromatic N) is 1. The molecule has 0 spiro atoms. The molecule has 0 amide bonds. The molecule has 19 heavy (non-hydrogen) atoms. The topological polar surface area (TPSA) is 15.3 Å². The molecule has 1 saturated heterocycles. The summed E-state index contributed by atoms with van der Waals surface area (Å²) in [6.45, 7) is 13.7. The van der Waals surface area contributed by atoms with Crippen LogP contribution in [0, 0.1) is 18.3 Å². The maximum Gasteiger partial charge on any atom is 0.0366 e. The zero-order valence-electron chi connectivity index (χ0n) is 12.9. The van der Waals surface area contributed by atoms with Crippen LogP contribution in [0.3, 0.4) is 0 Å². The Morgan fingerprint density at radius 1 is 1.26 bits per heavy atom. The van der Waals surface area contributed by atoms with E-state index in [0.29, 0.717) is 5.41 Å². The van der Waals surface area contributed by atoms with Crippen molar-refractivity contribution >= 4 is 5.69 Å². The third-order valence-electron chi connectivity index (χ3n) is 4.79. The van der Waals surface area contributed by atoms with Gasteiger partial charge in [-0.25, -0.2) is 0 Å². The molecule has 106 valence electrons. The van der Waals surface area contributed by atoms with Gasteiger partial charge in [-0.1, -0.05) is 31.5 Å². The zero-order chi connectivity index (χ0) is 13.9. The fraction of sp³-hybridized carbons (Fsp3) is 0.647. The summed E-state index contributed by atoms with van der Waals surface area (Å²) in [4.78, 5) is 2.53. The minimum Gasteiger partial charge on any atom is -0.371 e. The molecule has 0 bridgehead atoms. The van der Waals surface area contributed by atoms with E-state index in [1.165, 1.54) is 24.2 Å². The van der Waals surface area contributed by atoms with Crippen molar-refractivity contribution in [2.45, 2.75) is 34.1 Å². The average Bonchev–Trinajstić information content (AvgIpc) is 2.87. The quantitative estimate of drug-likeness (QED) is 0.872. The fourth-order valence-corrected chi connectivity index (χ4v) is 3.09. The summed E-state index contributed by atoms with van der Waals surface area (Å²) in [5, 5.41) is 3.56. The Morgan fingerprint density at radius 3 is 2.42 bits per heavy atom. The summed E-state index contributed by atoms with van der Waals surface area (Å²) in [7, 11) is 0. The van der Waals surface area contributed by atoms with Crippen molar-refractivity contribution in [3.63, 3.8) is 0 Å². The Labute approximate surface area is 118 Å². The van der Waals surface area contributed by atoms with E-state index < -0.39 is 0 Å². The Bertz CT molecular complexity index is 388. The molecule has 1 unspecified atom stereocenters. The van der Waals surface area contributed by atoms with Crippen molar-refractivity contribution in [1.82, 2.24) is 5.32 Å². The molecule has 0 aromatic heterocycles. The fourth-order valence-electron chi connectivity index (χ4n) is 3.09. The first-order valence-electron chi connectivity index (χ1n) is 7.60. The summed E-state index contributed by atoms with van der Waals surface area (Å²) < 4.78 is 0. The lowest BCUT2D eigenvalue weighted by Crippen LogP contribution is -2.42. The SMILES string of the molecule is CCN(CC1(C(C)C)CCNC1)c1ccc(C)cc1. The van der Waals surface area contributed by atoms with Gasteiger partial charge in [-0.05, 0) is 44.9 Å². The maximum absolute atomic E-state index is 3.56. The number of benzene rings is 1. The van der Waals surface area contributed by atoms with Crippen molar-refractivity contribution in [2.24, 2.45) is 11.3 Å². The molecule has 1 aliphatic rings. The van der Waals surface area contributed by atoms with Crippen molar-refractivity contribution in [1.29, 1.82) is 0 Å². The zero-order valence-corrected chi connectivity index (χ0v) is 12.9. The van der Waals surface area contributed by atoms with E-state index in [1.54, 1.807) is 0 Å². The van der Waals surface area contributed by atoms with E-state index in [4.69, 9.17) is 0 Å². The van der Waals surface area contributed by atoms with E-state index >= 15 is 0 Å². The van der Waals surface area contributed by atoms with Gasteiger partial charge in [-0.15, -0.1) is 0 Å². The van der Waals surface area contributed by atoms with E-state index in [-0.39, 0.29) is 0 Å². The number of anilines is 1. The molecule has 1 fully saturated rings. The van der Waals surface area contributed by atoms with Crippen LogP contribution in [0.1, 0.15) is 32.8 Å². The van der Waals surface area contributed by atoms with Crippen LogP contribution in [0.2, 0.25) is 0 Å². The first-order valence-corrected chi connectivity index (χ1v) is 7.60. The van der Waals surface area contributed by atoms with Gasteiger partial charge in [0.25, 0.3) is 0 Å². The van der Waals surface area contributed by atoms with E-state index in [1.807, 2.05) is 0 Å². The van der Waals surface area contributed by atoms with Crippen LogP contribution in [0.15, 0.2) is 24.3 Å². The van der Waals surface area contributed by atoms with Crippen molar-refractivity contribution in [3.8, 4) is 0 Å². The Hall–Kier alpha value is -1.02. The highest BCUT2D eigenvalue weighted by atomic mass is 15.1. The second-order valence-corrected chi connectivity index (χ2v) is 6.29. The Morgan fingerprint density at radius 2 is 1.95 bits per heavy atom. The monoisotopic (exact) mass is 260 g/mol. The predicted octanol–water partition coefficient (Wildman–Crippen LogP) is 3.46. The Balaban J connectivity index is 2.16. The summed E-state index contributed by atoms with van der Waals surface area (Å²) in [5.74, 6) is 0.724. The number of aryl methyl sites for hydroxylation is 1. The van der Waals surface area contributed by atoms with Gasteiger partial charge in [0.05, 0.1) is 0 Å². The van der Waals surface area contributed by atoms with Gasteiger partial charge in [0.1, 0.15) is 0 Å². The van der Waals surface area contributed by atoms with Gasteiger partial charge < -0.3 is 10.2 Å². The number of rotatable bonds is 5.